The smallest absolute Gasteiger partial charge is 0.134 e. The third kappa shape index (κ3) is 3.17. The third-order valence-corrected chi connectivity index (χ3v) is 7.62. The molecule has 0 aliphatic heterocycles. The Bertz CT molecular complexity index is 1110. The second kappa shape index (κ2) is 7.06. The van der Waals surface area contributed by atoms with Crippen LogP contribution in [0, 0.1) is 6.92 Å². The minimum atomic E-state index is 0.175. The number of ether oxygens (including phenoxy) is 1. The zero-order chi connectivity index (χ0) is 19.1. The number of thiophene rings is 1. The SMILES string of the molecule is Cc1cc(OCc2ccccc2)c(Br)cc1C1(c2cc3ccccc3s2)CC1. The molecule has 0 atom stereocenters. The third-order valence-electron chi connectivity index (χ3n) is 5.68. The van der Waals surface area contributed by atoms with Gasteiger partial charge in [-0.05, 0) is 82.0 Å². The Kier molecular flexibility index (Phi) is 4.53. The van der Waals surface area contributed by atoms with Crippen molar-refractivity contribution in [3.05, 3.63) is 98.8 Å². The van der Waals surface area contributed by atoms with Crippen LogP contribution in [-0.2, 0) is 12.0 Å². The van der Waals surface area contributed by atoms with E-state index in [1.807, 2.05) is 29.5 Å². The molecule has 0 bridgehead atoms. The second-order valence-electron chi connectivity index (χ2n) is 7.60. The molecule has 0 saturated heterocycles. The first kappa shape index (κ1) is 18.0. The van der Waals surface area contributed by atoms with Gasteiger partial charge in [-0.15, -0.1) is 11.3 Å². The van der Waals surface area contributed by atoms with Crippen LogP contribution in [0.1, 0.15) is 34.4 Å². The normalized spacial score (nSPS) is 14.9. The molecular weight excluding hydrogens is 428 g/mol. The van der Waals surface area contributed by atoms with Gasteiger partial charge in [-0.1, -0.05) is 48.5 Å². The Morgan fingerprint density at radius 3 is 2.46 bits per heavy atom. The summed E-state index contributed by atoms with van der Waals surface area (Å²) in [5.74, 6) is 0.914. The van der Waals surface area contributed by atoms with Gasteiger partial charge in [-0.25, -0.2) is 0 Å². The lowest BCUT2D eigenvalue weighted by Gasteiger charge is -2.19. The molecule has 0 amide bonds. The molecule has 1 aromatic heterocycles. The first-order chi connectivity index (χ1) is 13.7. The van der Waals surface area contributed by atoms with Crippen LogP contribution in [0.4, 0.5) is 0 Å². The van der Waals surface area contributed by atoms with Gasteiger partial charge in [-0.3, -0.25) is 0 Å². The molecule has 4 aromatic rings. The lowest BCUT2D eigenvalue weighted by atomic mass is 9.90. The maximum Gasteiger partial charge on any atom is 0.134 e. The van der Waals surface area contributed by atoms with Gasteiger partial charge in [0.1, 0.15) is 12.4 Å². The molecule has 1 aliphatic rings. The molecule has 5 rings (SSSR count). The Hall–Kier alpha value is -2.10. The summed E-state index contributed by atoms with van der Waals surface area (Å²) < 4.78 is 8.52. The molecule has 28 heavy (non-hydrogen) atoms. The number of halogens is 1. The molecule has 0 spiro atoms. The van der Waals surface area contributed by atoms with Crippen LogP contribution in [0.15, 0.2) is 77.3 Å². The summed E-state index contributed by atoms with van der Waals surface area (Å²) in [6, 6.07) is 25.9. The van der Waals surface area contributed by atoms with Crippen molar-refractivity contribution in [1.29, 1.82) is 0 Å². The van der Waals surface area contributed by atoms with Crippen molar-refractivity contribution >= 4 is 37.4 Å². The van der Waals surface area contributed by atoms with Crippen molar-refractivity contribution in [1.82, 2.24) is 0 Å². The van der Waals surface area contributed by atoms with E-state index in [0.29, 0.717) is 6.61 Å². The van der Waals surface area contributed by atoms with Crippen LogP contribution in [0.5, 0.6) is 5.75 Å². The van der Waals surface area contributed by atoms with Crippen LogP contribution in [-0.4, -0.2) is 0 Å². The fourth-order valence-electron chi connectivity index (χ4n) is 4.01. The average molecular weight is 449 g/mol. The summed E-state index contributed by atoms with van der Waals surface area (Å²) >= 11 is 5.70. The molecule has 3 aromatic carbocycles. The van der Waals surface area contributed by atoms with Crippen molar-refractivity contribution < 1.29 is 4.74 Å². The molecule has 1 saturated carbocycles. The van der Waals surface area contributed by atoms with Crippen LogP contribution >= 0.6 is 27.3 Å². The molecular formula is C25H21BrOS. The van der Waals surface area contributed by atoms with Gasteiger partial charge < -0.3 is 4.74 Å². The van der Waals surface area contributed by atoms with E-state index < -0.39 is 0 Å². The molecule has 0 unspecified atom stereocenters. The van der Waals surface area contributed by atoms with Crippen molar-refractivity contribution in [2.24, 2.45) is 0 Å². The fourth-order valence-corrected chi connectivity index (χ4v) is 5.79. The molecule has 1 heterocycles. The van der Waals surface area contributed by atoms with Gasteiger partial charge in [0, 0.05) is 15.0 Å². The molecule has 1 nitrogen and oxygen atoms in total. The molecule has 140 valence electrons. The van der Waals surface area contributed by atoms with Crippen molar-refractivity contribution in [3.63, 3.8) is 0 Å². The topological polar surface area (TPSA) is 9.23 Å². The van der Waals surface area contributed by atoms with Gasteiger partial charge >= 0.3 is 0 Å². The van der Waals surface area contributed by atoms with E-state index in [1.165, 1.54) is 44.5 Å². The number of hydrogen-bond acceptors (Lipinski definition) is 2. The quantitative estimate of drug-likeness (QED) is 0.304. The number of benzene rings is 3. The summed E-state index contributed by atoms with van der Waals surface area (Å²) in [5, 5.41) is 1.35. The summed E-state index contributed by atoms with van der Waals surface area (Å²) in [5.41, 5.74) is 4.09. The van der Waals surface area contributed by atoms with E-state index in [1.54, 1.807) is 0 Å². The Morgan fingerprint density at radius 2 is 1.71 bits per heavy atom. The molecule has 0 N–H and O–H groups in total. The molecule has 1 aliphatic carbocycles. The number of hydrogen-bond donors (Lipinski definition) is 0. The maximum atomic E-state index is 6.10. The van der Waals surface area contributed by atoms with Crippen LogP contribution in [0.25, 0.3) is 10.1 Å². The van der Waals surface area contributed by atoms with E-state index in [9.17, 15) is 0 Å². The average Bonchev–Trinajstić information content (AvgIpc) is 3.40. The van der Waals surface area contributed by atoms with Crippen molar-refractivity contribution in [2.75, 3.05) is 0 Å². The van der Waals surface area contributed by atoms with Gasteiger partial charge in [0.25, 0.3) is 0 Å². The Labute approximate surface area is 178 Å². The van der Waals surface area contributed by atoms with Gasteiger partial charge in [0.15, 0.2) is 0 Å². The number of aryl methyl sites for hydroxylation is 1. The first-order valence-corrected chi connectivity index (χ1v) is 11.2. The highest BCUT2D eigenvalue weighted by Gasteiger charge is 2.48. The highest BCUT2D eigenvalue weighted by molar-refractivity contribution is 9.10. The summed E-state index contributed by atoms with van der Waals surface area (Å²) in [4.78, 5) is 1.49. The van der Waals surface area contributed by atoms with E-state index in [0.717, 1.165) is 10.2 Å². The fraction of sp³-hybridized carbons (Fsp3) is 0.200. The number of fused-ring (bicyclic) bond motifs is 1. The lowest BCUT2D eigenvalue weighted by molar-refractivity contribution is 0.304. The van der Waals surface area contributed by atoms with Gasteiger partial charge in [0.2, 0.25) is 0 Å². The van der Waals surface area contributed by atoms with E-state index in [-0.39, 0.29) is 5.41 Å². The monoisotopic (exact) mass is 448 g/mol. The largest absolute Gasteiger partial charge is 0.488 e. The Balaban J connectivity index is 1.46. The van der Waals surface area contributed by atoms with E-state index >= 15 is 0 Å². The minimum absolute atomic E-state index is 0.175. The highest BCUT2D eigenvalue weighted by atomic mass is 79.9. The summed E-state index contributed by atoms with van der Waals surface area (Å²) in [7, 11) is 0. The predicted molar refractivity (Wildman–Crippen MR) is 121 cm³/mol. The van der Waals surface area contributed by atoms with Gasteiger partial charge in [0.05, 0.1) is 4.47 Å². The first-order valence-electron chi connectivity index (χ1n) is 9.62. The van der Waals surface area contributed by atoms with Crippen LogP contribution < -0.4 is 4.74 Å². The van der Waals surface area contributed by atoms with E-state index in [4.69, 9.17) is 4.74 Å². The minimum Gasteiger partial charge on any atom is -0.488 e. The van der Waals surface area contributed by atoms with Crippen LogP contribution in [0.3, 0.4) is 0 Å². The zero-order valence-electron chi connectivity index (χ0n) is 15.7. The predicted octanol–water partition coefficient (Wildman–Crippen LogP) is 7.63. The molecule has 3 heteroatoms. The van der Waals surface area contributed by atoms with Gasteiger partial charge in [-0.2, -0.15) is 0 Å². The standard InChI is InChI=1S/C25H21BrOS/c1-17-13-22(27-16-18-7-3-2-4-8-18)21(26)15-20(17)25(11-12-25)24-14-19-9-5-6-10-23(19)28-24/h2-10,13-15H,11-12,16H2,1H3. The summed E-state index contributed by atoms with van der Waals surface area (Å²) in [6.07, 6.45) is 2.44. The second-order valence-corrected chi connectivity index (χ2v) is 9.54. The Morgan fingerprint density at radius 1 is 0.964 bits per heavy atom. The number of rotatable bonds is 5. The highest BCUT2D eigenvalue weighted by Crippen LogP contribution is 2.57. The van der Waals surface area contributed by atoms with Crippen LogP contribution in [0.2, 0.25) is 0 Å². The van der Waals surface area contributed by atoms with E-state index in [2.05, 4.69) is 77.5 Å². The van der Waals surface area contributed by atoms with Crippen molar-refractivity contribution in [3.8, 4) is 5.75 Å². The van der Waals surface area contributed by atoms with Crippen molar-refractivity contribution in [2.45, 2.75) is 31.8 Å². The molecule has 0 radical (unpaired) electrons. The zero-order valence-corrected chi connectivity index (χ0v) is 18.1. The maximum absolute atomic E-state index is 6.10. The summed E-state index contributed by atoms with van der Waals surface area (Å²) in [6.45, 7) is 2.80. The molecule has 1 fully saturated rings. The lowest BCUT2D eigenvalue weighted by Crippen LogP contribution is -2.09.